The van der Waals surface area contributed by atoms with E-state index >= 15 is 0 Å². The number of rotatable bonds is 3. The number of ether oxygens (including phenoxy) is 1. The van der Waals surface area contributed by atoms with E-state index in [0.717, 1.165) is 42.7 Å². The average molecular weight is 246 g/mol. The molecule has 1 aromatic heterocycles. The summed E-state index contributed by atoms with van der Waals surface area (Å²) < 4.78 is 5.52. The van der Waals surface area contributed by atoms with Crippen molar-refractivity contribution in [2.45, 2.75) is 19.3 Å². The Morgan fingerprint density at radius 2 is 2.24 bits per heavy atom. The van der Waals surface area contributed by atoms with Gasteiger partial charge in [0.1, 0.15) is 11.5 Å². The maximum atomic E-state index is 9.95. The number of hydrogen-bond donors (Lipinski definition) is 1. The van der Waals surface area contributed by atoms with Crippen LogP contribution >= 0.6 is 11.3 Å². The molecule has 0 saturated heterocycles. The zero-order valence-corrected chi connectivity index (χ0v) is 10.3. The summed E-state index contributed by atoms with van der Waals surface area (Å²) in [6, 6.07) is 8.04. The van der Waals surface area contributed by atoms with Gasteiger partial charge in [-0.25, -0.2) is 0 Å². The molecule has 1 N–H and O–H groups in total. The summed E-state index contributed by atoms with van der Waals surface area (Å²) in [6.07, 6.45) is 2.75. The molecule has 0 saturated carbocycles. The molecule has 88 valence electrons. The smallest absolute Gasteiger partial charge is 0.123 e. The fraction of sp³-hybridized carbons (Fsp3) is 0.286. The Hall–Kier alpha value is -1.48. The van der Waals surface area contributed by atoms with Gasteiger partial charge in [0.15, 0.2) is 0 Å². The topological polar surface area (TPSA) is 29.5 Å². The number of benzene rings is 1. The first-order valence-corrected chi connectivity index (χ1v) is 6.71. The number of fused-ring (bicyclic) bond motifs is 1. The number of aryl methyl sites for hydroxylation is 2. The highest BCUT2D eigenvalue weighted by molar-refractivity contribution is 7.09. The lowest BCUT2D eigenvalue weighted by Crippen LogP contribution is -1.91. The van der Waals surface area contributed by atoms with Gasteiger partial charge in [0.2, 0.25) is 0 Å². The highest BCUT2D eigenvalue weighted by atomic mass is 32.1. The van der Waals surface area contributed by atoms with Crippen LogP contribution in [-0.2, 0) is 19.3 Å². The van der Waals surface area contributed by atoms with Crippen molar-refractivity contribution in [2.24, 2.45) is 0 Å². The van der Waals surface area contributed by atoms with Crippen molar-refractivity contribution in [3.63, 3.8) is 0 Å². The summed E-state index contributed by atoms with van der Waals surface area (Å²) in [4.78, 5) is 1.35. The summed E-state index contributed by atoms with van der Waals surface area (Å²) >= 11 is 1.76. The molecule has 2 nitrogen and oxygen atoms in total. The van der Waals surface area contributed by atoms with Crippen molar-refractivity contribution in [2.75, 3.05) is 6.61 Å². The molecule has 3 heteroatoms. The van der Waals surface area contributed by atoms with Gasteiger partial charge in [-0.1, -0.05) is 6.07 Å². The normalized spacial score (nSPS) is 13.4. The monoisotopic (exact) mass is 246 g/mol. The minimum Gasteiger partial charge on any atom is -0.508 e. The molecule has 1 aliphatic heterocycles. The van der Waals surface area contributed by atoms with E-state index in [1.54, 1.807) is 11.3 Å². The van der Waals surface area contributed by atoms with Crippen molar-refractivity contribution >= 4 is 11.3 Å². The molecule has 2 heterocycles. The molecule has 0 unspecified atom stereocenters. The third kappa shape index (κ3) is 2.15. The lowest BCUT2D eigenvalue weighted by atomic mass is 10.0. The van der Waals surface area contributed by atoms with Gasteiger partial charge in [-0.2, -0.15) is 0 Å². The Balaban J connectivity index is 1.79. The van der Waals surface area contributed by atoms with Gasteiger partial charge in [-0.3, -0.25) is 0 Å². The first kappa shape index (κ1) is 10.7. The van der Waals surface area contributed by atoms with E-state index in [1.165, 1.54) is 4.88 Å². The lowest BCUT2D eigenvalue weighted by molar-refractivity contribution is 0.356. The highest BCUT2D eigenvalue weighted by Crippen LogP contribution is 2.32. The van der Waals surface area contributed by atoms with Crippen LogP contribution in [0.5, 0.6) is 11.5 Å². The van der Waals surface area contributed by atoms with Crippen molar-refractivity contribution in [1.82, 2.24) is 0 Å². The minimum atomic E-state index is 0.408. The predicted octanol–water partition coefficient (Wildman–Crippen LogP) is 3.17. The lowest BCUT2D eigenvalue weighted by Gasteiger charge is -2.07. The van der Waals surface area contributed by atoms with E-state index in [0.29, 0.717) is 5.75 Å². The quantitative estimate of drug-likeness (QED) is 0.901. The molecule has 0 aliphatic carbocycles. The summed E-state index contributed by atoms with van der Waals surface area (Å²) in [5, 5.41) is 12.0. The van der Waals surface area contributed by atoms with Crippen LogP contribution in [0.4, 0.5) is 0 Å². The third-order valence-electron chi connectivity index (χ3n) is 3.11. The van der Waals surface area contributed by atoms with Gasteiger partial charge in [-0.15, -0.1) is 11.3 Å². The molecule has 0 amide bonds. The molecule has 0 radical (unpaired) electrons. The first-order valence-electron chi connectivity index (χ1n) is 5.83. The van der Waals surface area contributed by atoms with Crippen molar-refractivity contribution in [1.29, 1.82) is 0 Å². The van der Waals surface area contributed by atoms with Crippen LogP contribution in [0.3, 0.4) is 0 Å². The first-order chi connectivity index (χ1) is 8.33. The average Bonchev–Trinajstić information content (AvgIpc) is 2.95. The van der Waals surface area contributed by atoms with Gasteiger partial charge in [0, 0.05) is 16.9 Å². The highest BCUT2D eigenvalue weighted by Gasteiger charge is 2.15. The van der Waals surface area contributed by atoms with Crippen LogP contribution in [-0.4, -0.2) is 11.7 Å². The molecule has 1 aliphatic rings. The van der Waals surface area contributed by atoms with Crippen LogP contribution < -0.4 is 4.74 Å². The second-order valence-corrected chi connectivity index (χ2v) is 5.30. The molecule has 0 fully saturated rings. The number of aromatic hydroxyl groups is 1. The Labute approximate surface area is 104 Å². The molecule has 2 aromatic rings. The third-order valence-corrected chi connectivity index (χ3v) is 4.05. The fourth-order valence-corrected chi connectivity index (χ4v) is 2.88. The van der Waals surface area contributed by atoms with Crippen molar-refractivity contribution in [3.8, 4) is 11.5 Å². The van der Waals surface area contributed by atoms with Gasteiger partial charge < -0.3 is 9.84 Å². The maximum absolute atomic E-state index is 9.95. The molecular formula is C14H14O2S. The second kappa shape index (κ2) is 4.41. The Morgan fingerprint density at radius 3 is 3.06 bits per heavy atom. The van der Waals surface area contributed by atoms with Crippen LogP contribution in [0.1, 0.15) is 16.0 Å². The van der Waals surface area contributed by atoms with Gasteiger partial charge in [0.05, 0.1) is 6.61 Å². The van der Waals surface area contributed by atoms with Crippen LogP contribution in [0.25, 0.3) is 0 Å². The molecule has 17 heavy (non-hydrogen) atoms. The number of hydrogen-bond acceptors (Lipinski definition) is 3. The maximum Gasteiger partial charge on any atom is 0.123 e. The van der Waals surface area contributed by atoms with Crippen molar-refractivity contribution < 1.29 is 9.84 Å². The van der Waals surface area contributed by atoms with E-state index in [4.69, 9.17) is 4.74 Å². The van der Waals surface area contributed by atoms with E-state index in [-0.39, 0.29) is 0 Å². The standard InChI is InChI=1S/C14H14O2S/c15-13-8-11-5-6-16-14(11)9-10(13)3-4-12-2-1-7-17-12/h1-2,7-9,15H,3-6H2. The second-order valence-electron chi connectivity index (χ2n) is 4.27. The predicted molar refractivity (Wildman–Crippen MR) is 69.0 cm³/mol. The Bertz CT molecular complexity index is 517. The van der Waals surface area contributed by atoms with Crippen LogP contribution in [0.2, 0.25) is 0 Å². The molecule has 0 bridgehead atoms. The number of thiophene rings is 1. The zero-order chi connectivity index (χ0) is 11.7. The van der Waals surface area contributed by atoms with E-state index in [9.17, 15) is 5.11 Å². The largest absolute Gasteiger partial charge is 0.508 e. The number of phenolic OH excluding ortho intramolecular Hbond substituents is 1. The molecule has 3 rings (SSSR count). The van der Waals surface area contributed by atoms with Gasteiger partial charge in [0.25, 0.3) is 0 Å². The molecular weight excluding hydrogens is 232 g/mol. The molecule has 0 atom stereocenters. The van der Waals surface area contributed by atoms with E-state index in [2.05, 4.69) is 17.5 Å². The van der Waals surface area contributed by atoms with Crippen LogP contribution in [0, 0.1) is 0 Å². The summed E-state index contributed by atoms with van der Waals surface area (Å²) in [6.45, 7) is 0.739. The summed E-state index contributed by atoms with van der Waals surface area (Å²) in [7, 11) is 0. The molecule has 0 spiro atoms. The SMILES string of the molecule is Oc1cc2c(cc1CCc1cccs1)OCC2. The minimum absolute atomic E-state index is 0.408. The molecule has 1 aromatic carbocycles. The van der Waals surface area contributed by atoms with Gasteiger partial charge >= 0.3 is 0 Å². The fourth-order valence-electron chi connectivity index (χ4n) is 2.17. The summed E-state index contributed by atoms with van der Waals surface area (Å²) in [5.41, 5.74) is 2.11. The van der Waals surface area contributed by atoms with E-state index in [1.807, 2.05) is 12.1 Å². The van der Waals surface area contributed by atoms with Crippen molar-refractivity contribution in [3.05, 3.63) is 45.6 Å². The van der Waals surface area contributed by atoms with Gasteiger partial charge in [-0.05, 0) is 42.0 Å². The zero-order valence-electron chi connectivity index (χ0n) is 9.48. The number of phenols is 1. The Kier molecular flexibility index (Phi) is 2.77. The Morgan fingerprint density at radius 1 is 1.29 bits per heavy atom. The summed E-state index contributed by atoms with van der Waals surface area (Å²) in [5.74, 6) is 1.36. The van der Waals surface area contributed by atoms with E-state index < -0.39 is 0 Å². The van der Waals surface area contributed by atoms with Crippen LogP contribution in [0.15, 0.2) is 29.6 Å².